The van der Waals surface area contributed by atoms with Crippen LogP contribution in [0.2, 0.25) is 0 Å². The summed E-state index contributed by atoms with van der Waals surface area (Å²) in [5, 5.41) is 4.21. The van der Waals surface area contributed by atoms with Gasteiger partial charge in [0, 0.05) is 18.8 Å². The third-order valence-electron chi connectivity index (χ3n) is 4.26. The number of hydrogen-bond acceptors (Lipinski definition) is 4. The van der Waals surface area contributed by atoms with Gasteiger partial charge in [-0.1, -0.05) is 12.1 Å². The predicted molar refractivity (Wildman–Crippen MR) is 87.4 cm³/mol. The van der Waals surface area contributed by atoms with Crippen LogP contribution in [0.25, 0.3) is 5.69 Å². The van der Waals surface area contributed by atoms with Gasteiger partial charge in [0.2, 0.25) is 0 Å². The number of carbonyl (C=O) groups is 1. The Balaban J connectivity index is 1.87. The zero-order chi connectivity index (χ0) is 17.5. The SMILES string of the molecule is Cc1cc(C(=O)N(C)C2CCS(=O)(=O)C2)nn1-c1ccccc1F. The van der Waals surface area contributed by atoms with E-state index in [2.05, 4.69) is 5.10 Å². The molecule has 0 spiro atoms. The van der Waals surface area contributed by atoms with Crippen LogP contribution in [0.15, 0.2) is 30.3 Å². The van der Waals surface area contributed by atoms with Crippen LogP contribution in [0.4, 0.5) is 4.39 Å². The Morgan fingerprint density at radius 2 is 2.08 bits per heavy atom. The Bertz CT molecular complexity index is 892. The number of sulfone groups is 1. The molecule has 8 heteroatoms. The van der Waals surface area contributed by atoms with E-state index in [0.29, 0.717) is 12.1 Å². The lowest BCUT2D eigenvalue weighted by molar-refractivity contribution is 0.0741. The molecule has 1 fully saturated rings. The predicted octanol–water partition coefficient (Wildman–Crippen LogP) is 1.58. The van der Waals surface area contributed by atoms with Crippen molar-refractivity contribution in [3.63, 3.8) is 0 Å². The molecule has 24 heavy (non-hydrogen) atoms. The average molecular weight is 351 g/mol. The molecule has 1 aromatic heterocycles. The Kier molecular flexibility index (Phi) is 4.16. The number of aryl methyl sites for hydroxylation is 1. The van der Waals surface area contributed by atoms with Gasteiger partial charge < -0.3 is 4.90 Å². The lowest BCUT2D eigenvalue weighted by Crippen LogP contribution is -2.38. The van der Waals surface area contributed by atoms with Gasteiger partial charge >= 0.3 is 0 Å². The standard InChI is InChI=1S/C16H18FN3O3S/c1-11-9-14(18-20(11)15-6-4-3-5-13(15)17)16(21)19(2)12-7-8-24(22,23)10-12/h3-6,9,12H,7-8,10H2,1-2H3. The number of nitrogens with zero attached hydrogens (tertiary/aromatic N) is 3. The van der Waals surface area contributed by atoms with Crippen LogP contribution < -0.4 is 0 Å². The summed E-state index contributed by atoms with van der Waals surface area (Å²) in [4.78, 5) is 14.0. The summed E-state index contributed by atoms with van der Waals surface area (Å²) in [6, 6.07) is 7.41. The van der Waals surface area contributed by atoms with Crippen LogP contribution in [-0.4, -0.2) is 53.6 Å². The number of para-hydroxylation sites is 1. The molecule has 0 bridgehead atoms. The number of rotatable bonds is 3. The summed E-state index contributed by atoms with van der Waals surface area (Å²) in [5.41, 5.74) is 1.05. The molecule has 1 aliphatic rings. The minimum Gasteiger partial charge on any atom is -0.336 e. The van der Waals surface area contributed by atoms with Crippen LogP contribution in [0.5, 0.6) is 0 Å². The molecule has 3 rings (SSSR count). The van der Waals surface area contributed by atoms with Crippen molar-refractivity contribution in [2.75, 3.05) is 18.6 Å². The molecule has 0 saturated carbocycles. The van der Waals surface area contributed by atoms with Crippen LogP contribution in [0, 0.1) is 12.7 Å². The maximum Gasteiger partial charge on any atom is 0.274 e. The highest BCUT2D eigenvalue weighted by atomic mass is 32.2. The first-order chi connectivity index (χ1) is 11.3. The van der Waals surface area contributed by atoms with Gasteiger partial charge in [0.15, 0.2) is 15.5 Å². The van der Waals surface area contributed by atoms with Crippen LogP contribution >= 0.6 is 0 Å². The molecule has 1 aromatic carbocycles. The van der Waals surface area contributed by atoms with Gasteiger partial charge in [0.1, 0.15) is 11.5 Å². The van der Waals surface area contributed by atoms with Crippen molar-refractivity contribution in [3.05, 3.63) is 47.5 Å². The molecule has 6 nitrogen and oxygen atoms in total. The van der Waals surface area contributed by atoms with Gasteiger partial charge in [0.25, 0.3) is 5.91 Å². The van der Waals surface area contributed by atoms with Crippen LogP contribution in [0.3, 0.4) is 0 Å². The molecule has 1 atom stereocenters. The van der Waals surface area contributed by atoms with E-state index in [0.717, 1.165) is 0 Å². The molecule has 0 aliphatic carbocycles. The first-order valence-electron chi connectivity index (χ1n) is 7.57. The van der Waals surface area contributed by atoms with Gasteiger partial charge in [-0.15, -0.1) is 0 Å². The second-order valence-corrected chi connectivity index (χ2v) is 8.24. The molecular weight excluding hydrogens is 333 g/mol. The van der Waals surface area contributed by atoms with E-state index in [1.807, 2.05) is 0 Å². The number of benzene rings is 1. The largest absolute Gasteiger partial charge is 0.336 e. The lowest BCUT2D eigenvalue weighted by atomic mass is 10.2. The zero-order valence-corrected chi connectivity index (χ0v) is 14.3. The van der Waals surface area contributed by atoms with Gasteiger partial charge in [-0.3, -0.25) is 4.79 Å². The highest BCUT2D eigenvalue weighted by Crippen LogP contribution is 2.20. The van der Waals surface area contributed by atoms with Crippen molar-refractivity contribution in [2.45, 2.75) is 19.4 Å². The van der Waals surface area contributed by atoms with Crippen molar-refractivity contribution < 1.29 is 17.6 Å². The topological polar surface area (TPSA) is 72.3 Å². The van der Waals surface area contributed by atoms with Gasteiger partial charge in [-0.2, -0.15) is 5.10 Å². The van der Waals surface area contributed by atoms with E-state index in [-0.39, 0.29) is 34.8 Å². The maximum absolute atomic E-state index is 13.9. The van der Waals surface area contributed by atoms with Gasteiger partial charge in [-0.05, 0) is 31.5 Å². The number of hydrogen-bond donors (Lipinski definition) is 0. The molecule has 2 heterocycles. The minimum absolute atomic E-state index is 0.0256. The molecule has 1 unspecified atom stereocenters. The van der Waals surface area contributed by atoms with Crippen molar-refractivity contribution >= 4 is 15.7 Å². The maximum atomic E-state index is 13.9. The number of amides is 1. The van der Waals surface area contributed by atoms with E-state index in [4.69, 9.17) is 0 Å². The number of halogens is 1. The molecule has 1 amide bonds. The molecule has 0 N–H and O–H groups in total. The molecule has 0 radical (unpaired) electrons. The third-order valence-corrected chi connectivity index (χ3v) is 6.01. The Hall–Kier alpha value is -2.22. The minimum atomic E-state index is -3.08. The molecule has 1 saturated heterocycles. The second kappa shape index (κ2) is 6.01. The van der Waals surface area contributed by atoms with Crippen molar-refractivity contribution in [2.24, 2.45) is 0 Å². The zero-order valence-electron chi connectivity index (χ0n) is 13.4. The van der Waals surface area contributed by atoms with E-state index in [1.165, 1.54) is 15.6 Å². The normalized spacial score (nSPS) is 19.4. The molecule has 1 aliphatic heterocycles. The summed E-state index contributed by atoms with van der Waals surface area (Å²) in [6.07, 6.45) is 0.428. The van der Waals surface area contributed by atoms with Crippen molar-refractivity contribution in [1.82, 2.24) is 14.7 Å². The fourth-order valence-electron chi connectivity index (χ4n) is 2.87. The fourth-order valence-corrected chi connectivity index (χ4v) is 4.65. The van der Waals surface area contributed by atoms with Crippen LogP contribution in [0.1, 0.15) is 22.6 Å². The third kappa shape index (κ3) is 3.06. The highest BCUT2D eigenvalue weighted by Gasteiger charge is 2.33. The van der Waals surface area contributed by atoms with E-state index in [1.54, 1.807) is 38.2 Å². The quantitative estimate of drug-likeness (QED) is 0.842. The van der Waals surface area contributed by atoms with Crippen molar-refractivity contribution in [3.8, 4) is 5.69 Å². The smallest absolute Gasteiger partial charge is 0.274 e. The van der Waals surface area contributed by atoms with E-state index in [9.17, 15) is 17.6 Å². The lowest BCUT2D eigenvalue weighted by Gasteiger charge is -2.22. The monoisotopic (exact) mass is 351 g/mol. The number of aromatic nitrogens is 2. The summed E-state index contributed by atoms with van der Waals surface area (Å²) in [5.74, 6) is -0.728. The summed E-state index contributed by atoms with van der Waals surface area (Å²) >= 11 is 0. The Morgan fingerprint density at radius 3 is 2.71 bits per heavy atom. The summed E-state index contributed by atoms with van der Waals surface area (Å²) in [7, 11) is -1.50. The van der Waals surface area contributed by atoms with Gasteiger partial charge in [0.05, 0.1) is 11.5 Å². The fraction of sp³-hybridized carbons (Fsp3) is 0.375. The second-order valence-electron chi connectivity index (χ2n) is 6.01. The molecule has 2 aromatic rings. The summed E-state index contributed by atoms with van der Waals surface area (Å²) in [6.45, 7) is 1.73. The highest BCUT2D eigenvalue weighted by molar-refractivity contribution is 7.91. The Labute approximate surface area is 139 Å². The first-order valence-corrected chi connectivity index (χ1v) is 9.40. The Morgan fingerprint density at radius 1 is 1.38 bits per heavy atom. The number of carbonyl (C=O) groups excluding carboxylic acids is 1. The molecular formula is C16H18FN3O3S. The van der Waals surface area contributed by atoms with E-state index >= 15 is 0 Å². The van der Waals surface area contributed by atoms with Crippen LogP contribution in [-0.2, 0) is 9.84 Å². The average Bonchev–Trinajstić information content (AvgIpc) is 3.09. The summed E-state index contributed by atoms with van der Waals surface area (Å²) < 4.78 is 38.5. The first kappa shape index (κ1) is 16.6. The van der Waals surface area contributed by atoms with Gasteiger partial charge in [-0.25, -0.2) is 17.5 Å². The molecule has 128 valence electrons. The van der Waals surface area contributed by atoms with E-state index < -0.39 is 15.7 Å². The van der Waals surface area contributed by atoms with Crippen molar-refractivity contribution in [1.29, 1.82) is 0 Å².